The van der Waals surface area contributed by atoms with Crippen LogP contribution in [-0.4, -0.2) is 37.2 Å². The maximum absolute atomic E-state index is 12.9. The first kappa shape index (κ1) is 69.8. The van der Waals surface area contributed by atoms with Gasteiger partial charge >= 0.3 is 17.9 Å². The monoisotopic (exact) mass is 1030 g/mol. The molecule has 0 amide bonds. The van der Waals surface area contributed by atoms with E-state index in [4.69, 9.17) is 14.2 Å². The first-order valence-corrected chi connectivity index (χ1v) is 29.6. The molecule has 1 unspecified atom stereocenters. The first-order chi connectivity index (χ1) is 37.0. The van der Waals surface area contributed by atoms with Gasteiger partial charge in [-0.25, -0.2) is 0 Å². The Labute approximate surface area is 460 Å². The highest BCUT2D eigenvalue weighted by atomic mass is 16.6. The fraction of sp³-hybridized carbons (Fsp3) is 0.551. The van der Waals surface area contributed by atoms with Crippen LogP contribution >= 0.6 is 0 Å². The smallest absolute Gasteiger partial charge is 0.306 e. The minimum absolute atomic E-state index is 0.116. The molecular weight excluding hydrogens is 925 g/mol. The summed E-state index contributed by atoms with van der Waals surface area (Å²) in [5.41, 5.74) is 0. The summed E-state index contributed by atoms with van der Waals surface area (Å²) < 4.78 is 16.8. The molecule has 75 heavy (non-hydrogen) atoms. The standard InChI is InChI=1S/C69H106O6/c1-4-7-10-13-16-19-22-25-28-29-30-31-32-33-34-35-36-37-38-39-42-44-47-50-53-56-59-62-68(71)74-65-66(75-69(72)63-60-57-54-51-48-45-41-27-24-21-18-15-12-9-6-3)64-73-67(70)61-58-55-52-49-46-43-40-26-23-20-17-14-11-8-5-2/h7-12,16-21,25-28,30-31,33-34,36-37,39-42,47,50,66H,4-6,13-15,22-24,29,32,35,38,43-46,48-49,51-65H2,1-3H3/b10-7-,11-8-,12-9-,19-16-,20-17-,21-18-,28-25-,31-30-,34-33-,37-36-,40-26-,41-27-,42-39-,50-47-. The van der Waals surface area contributed by atoms with Gasteiger partial charge in [0.1, 0.15) is 13.2 Å². The Bertz CT molecular complexity index is 1750. The van der Waals surface area contributed by atoms with E-state index < -0.39 is 6.10 Å². The van der Waals surface area contributed by atoms with Gasteiger partial charge in [0.15, 0.2) is 6.10 Å². The topological polar surface area (TPSA) is 78.9 Å². The Morgan fingerprint density at radius 1 is 0.267 bits per heavy atom. The van der Waals surface area contributed by atoms with E-state index in [-0.39, 0.29) is 44.0 Å². The summed E-state index contributed by atoms with van der Waals surface area (Å²) >= 11 is 0. The fourth-order valence-electron chi connectivity index (χ4n) is 7.37. The second-order valence-electron chi connectivity index (χ2n) is 18.8. The molecule has 0 rings (SSSR count). The number of rotatable bonds is 51. The summed E-state index contributed by atoms with van der Waals surface area (Å²) in [5.74, 6) is -1.00. The molecule has 0 spiro atoms. The van der Waals surface area contributed by atoms with E-state index in [0.29, 0.717) is 12.8 Å². The Hall–Kier alpha value is -5.23. The summed E-state index contributed by atoms with van der Waals surface area (Å²) in [7, 11) is 0. The van der Waals surface area contributed by atoms with Gasteiger partial charge in [-0.1, -0.05) is 229 Å². The fourth-order valence-corrected chi connectivity index (χ4v) is 7.37. The van der Waals surface area contributed by atoms with Crippen LogP contribution in [0.2, 0.25) is 0 Å². The average molecular weight is 1030 g/mol. The summed E-state index contributed by atoms with van der Waals surface area (Å²) in [4.78, 5) is 38.2. The van der Waals surface area contributed by atoms with Crippen molar-refractivity contribution < 1.29 is 28.6 Å². The summed E-state index contributed by atoms with van der Waals surface area (Å²) in [6.07, 6.45) is 90.6. The van der Waals surface area contributed by atoms with Crippen LogP contribution < -0.4 is 0 Å². The van der Waals surface area contributed by atoms with Gasteiger partial charge in [0.25, 0.3) is 0 Å². The molecule has 1 atom stereocenters. The minimum Gasteiger partial charge on any atom is -0.462 e. The Balaban J connectivity index is 4.50. The zero-order valence-corrected chi connectivity index (χ0v) is 47.7. The van der Waals surface area contributed by atoms with E-state index >= 15 is 0 Å². The van der Waals surface area contributed by atoms with Gasteiger partial charge in [0.05, 0.1) is 0 Å². The number of hydrogen-bond acceptors (Lipinski definition) is 6. The van der Waals surface area contributed by atoms with Crippen molar-refractivity contribution in [3.05, 3.63) is 170 Å². The lowest BCUT2D eigenvalue weighted by atomic mass is 10.1. The van der Waals surface area contributed by atoms with Crippen LogP contribution in [0, 0.1) is 0 Å². The number of ether oxygens (including phenoxy) is 3. The van der Waals surface area contributed by atoms with E-state index in [1.807, 2.05) is 0 Å². The van der Waals surface area contributed by atoms with Crippen molar-refractivity contribution in [2.24, 2.45) is 0 Å². The van der Waals surface area contributed by atoms with E-state index in [1.54, 1.807) is 0 Å². The number of allylic oxidation sites excluding steroid dienone is 28. The van der Waals surface area contributed by atoms with Gasteiger partial charge in [-0.3, -0.25) is 14.4 Å². The van der Waals surface area contributed by atoms with E-state index in [1.165, 1.54) is 0 Å². The van der Waals surface area contributed by atoms with Crippen LogP contribution in [0.4, 0.5) is 0 Å². The third-order valence-electron chi connectivity index (χ3n) is 11.7. The van der Waals surface area contributed by atoms with E-state index in [2.05, 4.69) is 191 Å². The molecule has 0 radical (unpaired) electrons. The number of carbonyl (C=O) groups excluding carboxylic acids is 3. The largest absolute Gasteiger partial charge is 0.462 e. The second-order valence-corrected chi connectivity index (χ2v) is 18.8. The SMILES string of the molecule is CC/C=C\C/C=C\C/C=C\C/C=C\C/C=C\C/C=C\C/C=C\C/C=C\CCCCC(=O)OCC(COC(=O)CCCCCCC/C=C\C/C=C\C/C=C\CC)OC(=O)CCCCCCC/C=C\C/C=C\C/C=C\CC. The number of carbonyl (C=O) groups is 3. The van der Waals surface area contributed by atoms with E-state index in [0.717, 1.165) is 180 Å². The molecule has 0 aliphatic carbocycles. The van der Waals surface area contributed by atoms with Crippen LogP contribution in [0.5, 0.6) is 0 Å². The molecule has 0 aromatic carbocycles. The first-order valence-electron chi connectivity index (χ1n) is 29.6. The van der Waals surface area contributed by atoms with Crippen molar-refractivity contribution in [3.8, 4) is 0 Å². The van der Waals surface area contributed by atoms with Crippen LogP contribution in [0.15, 0.2) is 170 Å². The molecule has 0 aliphatic rings. The molecule has 0 heterocycles. The van der Waals surface area contributed by atoms with Crippen LogP contribution in [-0.2, 0) is 28.6 Å². The van der Waals surface area contributed by atoms with Crippen LogP contribution in [0.1, 0.15) is 226 Å². The zero-order chi connectivity index (χ0) is 54.3. The van der Waals surface area contributed by atoms with Crippen LogP contribution in [0.25, 0.3) is 0 Å². The molecule has 0 N–H and O–H groups in total. The average Bonchev–Trinajstić information content (AvgIpc) is 3.41. The second kappa shape index (κ2) is 61.3. The predicted octanol–water partition coefficient (Wildman–Crippen LogP) is 20.3. The number of unbranched alkanes of at least 4 members (excludes halogenated alkanes) is 12. The lowest BCUT2D eigenvalue weighted by Gasteiger charge is -2.18. The number of hydrogen-bond donors (Lipinski definition) is 0. The maximum Gasteiger partial charge on any atom is 0.306 e. The van der Waals surface area contributed by atoms with Gasteiger partial charge in [-0.15, -0.1) is 0 Å². The lowest BCUT2D eigenvalue weighted by molar-refractivity contribution is -0.167. The quantitative estimate of drug-likeness (QED) is 0.0261. The molecule has 0 saturated heterocycles. The third kappa shape index (κ3) is 59.5. The van der Waals surface area contributed by atoms with Crippen molar-refractivity contribution >= 4 is 17.9 Å². The molecule has 0 saturated carbocycles. The molecule has 418 valence electrons. The van der Waals surface area contributed by atoms with Crippen molar-refractivity contribution in [2.45, 2.75) is 232 Å². The van der Waals surface area contributed by atoms with Gasteiger partial charge in [0.2, 0.25) is 0 Å². The predicted molar refractivity (Wildman–Crippen MR) is 325 cm³/mol. The van der Waals surface area contributed by atoms with Gasteiger partial charge < -0.3 is 14.2 Å². The van der Waals surface area contributed by atoms with Crippen LogP contribution in [0.3, 0.4) is 0 Å². The molecular formula is C69H106O6. The highest BCUT2D eigenvalue weighted by molar-refractivity contribution is 5.71. The summed E-state index contributed by atoms with van der Waals surface area (Å²) in [6, 6.07) is 0. The van der Waals surface area contributed by atoms with Crippen molar-refractivity contribution in [3.63, 3.8) is 0 Å². The molecule has 6 heteroatoms. The Kier molecular flexibility index (Phi) is 57.0. The van der Waals surface area contributed by atoms with Crippen molar-refractivity contribution in [2.75, 3.05) is 13.2 Å². The molecule has 0 aromatic rings. The highest BCUT2D eigenvalue weighted by Crippen LogP contribution is 2.13. The van der Waals surface area contributed by atoms with Crippen molar-refractivity contribution in [1.29, 1.82) is 0 Å². The highest BCUT2D eigenvalue weighted by Gasteiger charge is 2.19. The molecule has 0 aromatic heterocycles. The zero-order valence-electron chi connectivity index (χ0n) is 47.7. The molecule has 0 aliphatic heterocycles. The molecule has 0 fully saturated rings. The number of esters is 3. The lowest BCUT2D eigenvalue weighted by Crippen LogP contribution is -2.30. The summed E-state index contributed by atoms with van der Waals surface area (Å²) in [5, 5.41) is 0. The third-order valence-corrected chi connectivity index (χ3v) is 11.7. The summed E-state index contributed by atoms with van der Waals surface area (Å²) in [6.45, 7) is 6.22. The normalized spacial score (nSPS) is 13.4. The Morgan fingerprint density at radius 3 is 0.773 bits per heavy atom. The van der Waals surface area contributed by atoms with E-state index in [9.17, 15) is 14.4 Å². The molecule has 0 bridgehead atoms. The van der Waals surface area contributed by atoms with Gasteiger partial charge in [-0.05, 0) is 148 Å². The minimum atomic E-state index is -0.823. The van der Waals surface area contributed by atoms with Gasteiger partial charge in [0, 0.05) is 19.3 Å². The Morgan fingerprint density at radius 2 is 0.480 bits per heavy atom. The molecule has 6 nitrogen and oxygen atoms in total. The van der Waals surface area contributed by atoms with Gasteiger partial charge in [-0.2, -0.15) is 0 Å². The van der Waals surface area contributed by atoms with Crippen molar-refractivity contribution in [1.82, 2.24) is 0 Å². The maximum atomic E-state index is 12.9.